The third-order valence-corrected chi connectivity index (χ3v) is 7.50. The number of ether oxygens (including phenoxy) is 1. The Hall–Kier alpha value is -3.60. The Morgan fingerprint density at radius 1 is 0.561 bits per heavy atom. The van der Waals surface area contributed by atoms with E-state index in [0.717, 1.165) is 44.5 Å². The molecule has 4 rings (SSSR count). The number of phenols is 1. The first-order chi connectivity index (χ1) is 19.7. The Kier molecular flexibility index (Phi) is 12.5. The predicted octanol–water partition coefficient (Wildman–Crippen LogP) is 8.00. The molecule has 0 unspecified atom stereocenters. The van der Waals surface area contributed by atoms with Gasteiger partial charge in [0.2, 0.25) is 0 Å². The standard InChI is InChI=1S/C19H25NO.C18H23NO/c1-19(2,17-11-13-18(21-3)14-12-17)20-15-7-10-16-8-5-4-6-9-16;1-18(2,16-10-12-17(20)13-11-16)19-14-6-9-15-7-4-3-5-8-15/h4-6,8-9,11-14,20H,7,10,15H2,1-3H3;3-5,7-8,10-13,19-20H,6,9,14H2,1-2H3. The second-order valence-electron chi connectivity index (χ2n) is 11.6. The average molecular weight is 553 g/mol. The third-order valence-electron chi connectivity index (χ3n) is 7.50. The molecule has 4 heteroatoms. The Balaban J connectivity index is 0.000000226. The van der Waals surface area contributed by atoms with Crippen LogP contribution in [-0.2, 0) is 23.9 Å². The highest BCUT2D eigenvalue weighted by Crippen LogP contribution is 2.23. The van der Waals surface area contributed by atoms with Crippen LogP contribution >= 0.6 is 0 Å². The highest BCUT2D eigenvalue weighted by Gasteiger charge is 2.20. The van der Waals surface area contributed by atoms with Gasteiger partial charge in [-0.25, -0.2) is 0 Å². The molecular weight excluding hydrogens is 504 g/mol. The zero-order valence-electron chi connectivity index (χ0n) is 25.5. The number of methoxy groups -OCH3 is 1. The molecule has 0 aliphatic rings. The minimum Gasteiger partial charge on any atom is -0.508 e. The Morgan fingerprint density at radius 2 is 0.951 bits per heavy atom. The second-order valence-corrected chi connectivity index (χ2v) is 11.6. The summed E-state index contributed by atoms with van der Waals surface area (Å²) in [5.74, 6) is 1.22. The van der Waals surface area contributed by atoms with E-state index >= 15 is 0 Å². The van der Waals surface area contributed by atoms with Gasteiger partial charge in [-0.3, -0.25) is 0 Å². The maximum Gasteiger partial charge on any atom is 0.118 e. The quantitative estimate of drug-likeness (QED) is 0.147. The largest absolute Gasteiger partial charge is 0.508 e. The van der Waals surface area contributed by atoms with Gasteiger partial charge in [0.1, 0.15) is 11.5 Å². The fraction of sp³-hybridized carbons (Fsp3) is 0.351. The van der Waals surface area contributed by atoms with Crippen LogP contribution in [0.4, 0.5) is 0 Å². The molecule has 0 aliphatic carbocycles. The maximum absolute atomic E-state index is 9.34. The van der Waals surface area contributed by atoms with E-state index in [-0.39, 0.29) is 11.1 Å². The molecule has 0 radical (unpaired) electrons. The summed E-state index contributed by atoms with van der Waals surface area (Å²) in [6.07, 6.45) is 4.47. The molecule has 0 spiro atoms. The van der Waals surface area contributed by atoms with Crippen molar-refractivity contribution in [3.05, 3.63) is 131 Å². The Bertz CT molecular complexity index is 1250. The lowest BCUT2D eigenvalue weighted by molar-refractivity contribution is 0.396. The van der Waals surface area contributed by atoms with E-state index in [1.807, 2.05) is 24.3 Å². The molecule has 4 aromatic carbocycles. The van der Waals surface area contributed by atoms with Crippen LogP contribution in [0.2, 0.25) is 0 Å². The lowest BCUT2D eigenvalue weighted by atomic mass is 9.94. The third kappa shape index (κ3) is 11.1. The van der Waals surface area contributed by atoms with Crippen molar-refractivity contribution in [2.75, 3.05) is 20.2 Å². The van der Waals surface area contributed by atoms with Crippen molar-refractivity contribution < 1.29 is 9.84 Å². The van der Waals surface area contributed by atoms with Crippen LogP contribution in [0.25, 0.3) is 0 Å². The van der Waals surface area contributed by atoms with Crippen LogP contribution in [-0.4, -0.2) is 25.3 Å². The highest BCUT2D eigenvalue weighted by atomic mass is 16.5. The minimum atomic E-state index is -0.0790. The summed E-state index contributed by atoms with van der Waals surface area (Å²) in [4.78, 5) is 0. The number of hydrogen-bond acceptors (Lipinski definition) is 4. The Morgan fingerprint density at radius 3 is 1.34 bits per heavy atom. The van der Waals surface area contributed by atoms with Gasteiger partial charge >= 0.3 is 0 Å². The number of hydrogen-bond donors (Lipinski definition) is 3. The SMILES string of the molecule is CC(C)(NCCCc1ccccc1)c1ccc(O)cc1.COc1ccc(C(C)(C)NCCCc2ccccc2)cc1. The van der Waals surface area contributed by atoms with Gasteiger partial charge in [0.15, 0.2) is 0 Å². The van der Waals surface area contributed by atoms with Gasteiger partial charge in [-0.15, -0.1) is 0 Å². The molecule has 4 nitrogen and oxygen atoms in total. The molecule has 0 amide bonds. The van der Waals surface area contributed by atoms with E-state index in [1.54, 1.807) is 19.2 Å². The highest BCUT2D eigenvalue weighted by molar-refractivity contribution is 5.31. The smallest absolute Gasteiger partial charge is 0.118 e. The van der Waals surface area contributed by atoms with Crippen LogP contribution in [0.15, 0.2) is 109 Å². The molecule has 3 N–H and O–H groups in total. The first kappa shape index (κ1) is 31.9. The van der Waals surface area contributed by atoms with Gasteiger partial charge in [0, 0.05) is 11.1 Å². The first-order valence-corrected chi connectivity index (χ1v) is 14.7. The summed E-state index contributed by atoms with van der Waals surface area (Å²) >= 11 is 0. The van der Waals surface area contributed by atoms with Crippen molar-refractivity contribution in [3.8, 4) is 11.5 Å². The molecule has 4 aromatic rings. The van der Waals surface area contributed by atoms with Crippen molar-refractivity contribution in [1.82, 2.24) is 10.6 Å². The van der Waals surface area contributed by atoms with Crippen molar-refractivity contribution in [2.45, 2.75) is 64.5 Å². The zero-order chi connectivity index (χ0) is 29.6. The number of rotatable bonds is 13. The van der Waals surface area contributed by atoms with E-state index in [2.05, 4.69) is 111 Å². The van der Waals surface area contributed by atoms with Crippen LogP contribution in [0, 0.1) is 0 Å². The molecule has 0 aliphatic heterocycles. The number of nitrogens with one attached hydrogen (secondary N) is 2. The normalized spacial score (nSPS) is 11.4. The van der Waals surface area contributed by atoms with Crippen molar-refractivity contribution in [2.24, 2.45) is 0 Å². The summed E-state index contributed by atoms with van der Waals surface area (Å²) in [5, 5.41) is 16.6. The Labute approximate surface area is 247 Å². The van der Waals surface area contributed by atoms with Crippen molar-refractivity contribution >= 4 is 0 Å². The fourth-order valence-corrected chi connectivity index (χ4v) is 4.77. The van der Waals surface area contributed by atoms with Gasteiger partial charge in [0.25, 0.3) is 0 Å². The molecule has 0 atom stereocenters. The molecule has 218 valence electrons. The molecule has 0 fully saturated rings. The second kappa shape index (κ2) is 16.0. The lowest BCUT2D eigenvalue weighted by Gasteiger charge is -2.27. The molecule has 0 saturated heterocycles. The molecule has 0 heterocycles. The maximum atomic E-state index is 9.34. The zero-order valence-corrected chi connectivity index (χ0v) is 25.5. The molecule has 0 aromatic heterocycles. The fourth-order valence-electron chi connectivity index (χ4n) is 4.77. The van der Waals surface area contributed by atoms with Crippen LogP contribution in [0.5, 0.6) is 11.5 Å². The van der Waals surface area contributed by atoms with E-state index in [9.17, 15) is 5.11 Å². The minimum absolute atomic E-state index is 0.0248. The topological polar surface area (TPSA) is 53.5 Å². The molecule has 0 saturated carbocycles. The summed E-state index contributed by atoms with van der Waals surface area (Å²) in [5.41, 5.74) is 5.16. The van der Waals surface area contributed by atoms with Gasteiger partial charge in [0.05, 0.1) is 7.11 Å². The van der Waals surface area contributed by atoms with Crippen LogP contribution in [0.1, 0.15) is 62.8 Å². The van der Waals surface area contributed by atoms with Crippen LogP contribution in [0.3, 0.4) is 0 Å². The molecule has 41 heavy (non-hydrogen) atoms. The van der Waals surface area contributed by atoms with Gasteiger partial charge in [-0.1, -0.05) is 84.9 Å². The van der Waals surface area contributed by atoms with Gasteiger partial charge in [-0.2, -0.15) is 0 Å². The van der Waals surface area contributed by atoms with E-state index in [0.29, 0.717) is 5.75 Å². The van der Waals surface area contributed by atoms with Crippen molar-refractivity contribution in [3.63, 3.8) is 0 Å². The lowest BCUT2D eigenvalue weighted by Crippen LogP contribution is -2.37. The van der Waals surface area contributed by atoms with E-state index < -0.39 is 0 Å². The summed E-state index contributed by atoms with van der Waals surface area (Å²) < 4.78 is 5.21. The monoisotopic (exact) mass is 552 g/mol. The number of aromatic hydroxyl groups is 1. The summed E-state index contributed by atoms with van der Waals surface area (Å²) in [6.45, 7) is 10.8. The predicted molar refractivity (Wildman–Crippen MR) is 173 cm³/mol. The van der Waals surface area contributed by atoms with Gasteiger partial charge in [-0.05, 0) is 113 Å². The van der Waals surface area contributed by atoms with Crippen molar-refractivity contribution in [1.29, 1.82) is 0 Å². The van der Waals surface area contributed by atoms with Crippen LogP contribution < -0.4 is 15.4 Å². The van der Waals surface area contributed by atoms with Gasteiger partial charge < -0.3 is 20.5 Å². The number of aryl methyl sites for hydroxylation is 2. The number of phenolic OH excluding ortho intramolecular Hbond substituents is 1. The average Bonchev–Trinajstić information content (AvgIpc) is 2.99. The summed E-state index contributed by atoms with van der Waals surface area (Å²) in [7, 11) is 1.70. The first-order valence-electron chi connectivity index (χ1n) is 14.7. The molecule has 0 bridgehead atoms. The summed E-state index contributed by atoms with van der Waals surface area (Å²) in [6, 6.07) is 36.9. The molecular formula is C37H48N2O2. The van der Waals surface area contributed by atoms with E-state index in [4.69, 9.17) is 4.74 Å². The van der Waals surface area contributed by atoms with E-state index in [1.165, 1.54) is 22.3 Å². The number of benzene rings is 4.